The molecule has 0 amide bonds. The third-order valence-corrected chi connectivity index (χ3v) is 4.30. The monoisotopic (exact) mass is 383 g/mol. The molecule has 0 aliphatic heterocycles. The van der Waals surface area contributed by atoms with Gasteiger partial charge in [-0.25, -0.2) is 4.98 Å². The highest BCUT2D eigenvalue weighted by molar-refractivity contribution is 7.99. The van der Waals surface area contributed by atoms with Gasteiger partial charge in [0.25, 0.3) is 5.56 Å². The van der Waals surface area contributed by atoms with Gasteiger partial charge in [-0.2, -0.15) is 13.2 Å². The number of methoxy groups -OCH3 is 1. The minimum Gasteiger partial charge on any atom is -0.499 e. The molecule has 0 radical (unpaired) electrons. The second-order valence-corrected chi connectivity index (χ2v) is 6.56. The van der Waals surface area contributed by atoms with Gasteiger partial charge in [-0.1, -0.05) is 25.6 Å². The number of ether oxygens (including phenoxy) is 1. The van der Waals surface area contributed by atoms with Gasteiger partial charge in [-0.15, -0.1) is 11.6 Å². The van der Waals surface area contributed by atoms with Crippen molar-refractivity contribution in [3.63, 3.8) is 0 Å². The van der Waals surface area contributed by atoms with Gasteiger partial charge >= 0.3 is 6.18 Å². The Labute approximate surface area is 146 Å². The number of hydrogen-bond donors (Lipinski definition) is 1. The summed E-state index contributed by atoms with van der Waals surface area (Å²) in [6.45, 7) is 3.66. The third kappa shape index (κ3) is 6.20. The van der Waals surface area contributed by atoms with E-state index in [1.807, 2.05) is 13.8 Å². The second kappa shape index (κ2) is 8.57. The number of nitrogens with zero attached hydrogens (tertiary/aromatic N) is 2. The van der Waals surface area contributed by atoms with Crippen molar-refractivity contribution >= 4 is 29.6 Å². The Morgan fingerprint density at radius 1 is 1.50 bits per heavy atom. The summed E-state index contributed by atoms with van der Waals surface area (Å²) in [4.78, 5) is 21.1. The van der Waals surface area contributed by atoms with Crippen LogP contribution in [0.3, 0.4) is 0 Å². The van der Waals surface area contributed by atoms with Gasteiger partial charge < -0.3 is 9.72 Å². The average Bonchev–Trinajstić information content (AvgIpc) is 2.48. The fourth-order valence-corrected chi connectivity index (χ4v) is 2.69. The molecule has 24 heavy (non-hydrogen) atoms. The van der Waals surface area contributed by atoms with Crippen LogP contribution in [0.2, 0.25) is 0 Å². The smallest absolute Gasteiger partial charge is 0.433 e. The van der Waals surface area contributed by atoms with Crippen LogP contribution in [0.4, 0.5) is 13.2 Å². The normalized spacial score (nSPS) is 13.5. The molecule has 0 aliphatic rings. The van der Waals surface area contributed by atoms with Crippen molar-refractivity contribution in [2.24, 2.45) is 10.4 Å². The SMILES string of the molecule is CO/C(=C/N=CCCl)C(C)(C)CSc1nc(C(F)(F)F)cc(=O)[nH]1. The molecule has 0 aromatic carbocycles. The summed E-state index contributed by atoms with van der Waals surface area (Å²) < 4.78 is 43.4. The van der Waals surface area contributed by atoms with Crippen molar-refractivity contribution in [2.75, 3.05) is 18.7 Å². The van der Waals surface area contributed by atoms with Crippen molar-refractivity contribution in [1.29, 1.82) is 0 Å². The molecule has 1 rings (SSSR count). The van der Waals surface area contributed by atoms with E-state index in [2.05, 4.69) is 15.0 Å². The predicted molar refractivity (Wildman–Crippen MR) is 88.7 cm³/mol. The van der Waals surface area contributed by atoms with E-state index in [4.69, 9.17) is 16.3 Å². The Hall–Kier alpha value is -1.48. The topological polar surface area (TPSA) is 67.3 Å². The van der Waals surface area contributed by atoms with Crippen LogP contribution < -0.4 is 5.56 Å². The first-order valence-corrected chi connectivity index (χ1v) is 8.26. The first-order valence-electron chi connectivity index (χ1n) is 6.73. The number of aromatic amines is 1. The zero-order valence-corrected chi connectivity index (χ0v) is 14.8. The first-order chi connectivity index (χ1) is 11.1. The Kier molecular flexibility index (Phi) is 7.34. The van der Waals surface area contributed by atoms with E-state index in [1.54, 1.807) is 0 Å². The van der Waals surface area contributed by atoms with Gasteiger partial charge in [-0.05, 0) is 0 Å². The number of aliphatic imine (C=N–C) groups is 1. The average molecular weight is 384 g/mol. The molecule has 0 fully saturated rings. The van der Waals surface area contributed by atoms with Crippen LogP contribution in [0.1, 0.15) is 19.5 Å². The number of H-pyrrole nitrogens is 1. The molecule has 134 valence electrons. The fraction of sp³-hybridized carbons (Fsp3) is 0.500. The van der Waals surface area contributed by atoms with Crippen LogP contribution in [0.25, 0.3) is 0 Å². The maximum Gasteiger partial charge on any atom is 0.433 e. The molecule has 0 atom stereocenters. The maximum absolute atomic E-state index is 12.7. The van der Waals surface area contributed by atoms with E-state index in [0.717, 1.165) is 11.8 Å². The molecule has 0 unspecified atom stereocenters. The summed E-state index contributed by atoms with van der Waals surface area (Å²) in [6, 6.07) is 0.427. The van der Waals surface area contributed by atoms with Crippen LogP contribution in [0.15, 0.2) is 33.0 Å². The first kappa shape index (κ1) is 20.6. The molecule has 0 saturated carbocycles. The molecule has 1 aromatic rings. The van der Waals surface area contributed by atoms with Gasteiger partial charge in [0.05, 0.1) is 19.2 Å². The number of hydrogen-bond acceptors (Lipinski definition) is 5. The van der Waals surface area contributed by atoms with E-state index in [-0.39, 0.29) is 11.0 Å². The lowest BCUT2D eigenvalue weighted by atomic mass is 9.94. The summed E-state index contributed by atoms with van der Waals surface area (Å²) in [6.07, 6.45) is -1.70. The summed E-state index contributed by atoms with van der Waals surface area (Å²) in [5.74, 6) is 1.08. The number of thioether (sulfide) groups is 1. The van der Waals surface area contributed by atoms with Crippen molar-refractivity contribution < 1.29 is 17.9 Å². The Bertz CT molecular complexity index is 672. The van der Waals surface area contributed by atoms with Crippen LogP contribution in [-0.4, -0.2) is 34.9 Å². The predicted octanol–water partition coefficient (Wildman–Crippen LogP) is 3.70. The molecule has 0 spiro atoms. The molecule has 0 saturated heterocycles. The summed E-state index contributed by atoms with van der Waals surface area (Å²) >= 11 is 6.48. The van der Waals surface area contributed by atoms with E-state index in [1.165, 1.54) is 19.5 Å². The highest BCUT2D eigenvalue weighted by atomic mass is 35.5. The molecular formula is C14H17ClF3N3O2S. The zero-order valence-electron chi connectivity index (χ0n) is 13.3. The Morgan fingerprint density at radius 3 is 2.71 bits per heavy atom. The lowest BCUT2D eigenvalue weighted by Crippen LogP contribution is -2.21. The van der Waals surface area contributed by atoms with Gasteiger partial charge in [0.15, 0.2) is 10.9 Å². The lowest BCUT2D eigenvalue weighted by molar-refractivity contribution is -0.141. The minimum absolute atomic E-state index is 0.109. The Morgan fingerprint density at radius 2 is 2.17 bits per heavy atom. The third-order valence-electron chi connectivity index (χ3n) is 2.83. The molecule has 1 aromatic heterocycles. The number of aromatic nitrogens is 2. The number of halogens is 4. The summed E-state index contributed by atoms with van der Waals surface area (Å²) in [5, 5.41) is -0.109. The van der Waals surface area contributed by atoms with Gasteiger partial charge in [0.2, 0.25) is 0 Å². The largest absolute Gasteiger partial charge is 0.499 e. The van der Waals surface area contributed by atoms with Crippen LogP contribution in [0.5, 0.6) is 0 Å². The number of nitrogens with one attached hydrogen (secondary N) is 1. The van der Waals surface area contributed by atoms with E-state index >= 15 is 0 Å². The van der Waals surface area contributed by atoms with Crippen LogP contribution in [0, 0.1) is 5.41 Å². The van der Waals surface area contributed by atoms with Crippen molar-refractivity contribution in [3.05, 3.63) is 34.1 Å². The number of alkyl halides is 4. The van der Waals surface area contributed by atoms with E-state index in [0.29, 0.717) is 17.6 Å². The summed E-state index contributed by atoms with van der Waals surface area (Å²) in [5.41, 5.74) is -2.64. The fourth-order valence-electron chi connectivity index (χ4n) is 1.63. The number of allylic oxidation sites excluding steroid dienone is 1. The second-order valence-electron chi connectivity index (χ2n) is 5.29. The van der Waals surface area contributed by atoms with E-state index in [9.17, 15) is 18.0 Å². The quantitative estimate of drug-likeness (QED) is 0.256. The molecule has 10 heteroatoms. The highest BCUT2D eigenvalue weighted by Crippen LogP contribution is 2.34. The molecular weight excluding hydrogens is 367 g/mol. The van der Waals surface area contributed by atoms with Crippen molar-refractivity contribution in [1.82, 2.24) is 9.97 Å². The highest BCUT2D eigenvalue weighted by Gasteiger charge is 2.34. The maximum atomic E-state index is 12.7. The molecule has 0 aliphatic carbocycles. The van der Waals surface area contributed by atoms with Gasteiger partial charge in [0.1, 0.15) is 5.76 Å². The van der Waals surface area contributed by atoms with Crippen LogP contribution >= 0.6 is 23.4 Å². The molecule has 1 N–H and O–H groups in total. The molecule has 5 nitrogen and oxygen atoms in total. The molecule has 1 heterocycles. The Balaban J connectivity index is 2.94. The van der Waals surface area contributed by atoms with Gasteiger partial charge in [0, 0.05) is 23.4 Å². The minimum atomic E-state index is -4.67. The standard InChI is InChI=1S/C14H17ClF3N3O2S/c1-13(2,10(23-3)7-19-5-4-15)8-24-12-20-9(14(16,17)18)6-11(22)21-12/h5-7H,4,8H2,1-3H3,(H,20,21,22)/b10-7+,19-5?. The van der Waals surface area contributed by atoms with Crippen molar-refractivity contribution in [3.8, 4) is 0 Å². The van der Waals surface area contributed by atoms with Crippen LogP contribution in [-0.2, 0) is 10.9 Å². The lowest BCUT2D eigenvalue weighted by Gasteiger charge is -2.25. The number of rotatable bonds is 7. The van der Waals surface area contributed by atoms with E-state index < -0.39 is 22.8 Å². The zero-order chi connectivity index (χ0) is 18.4. The molecule has 0 bridgehead atoms. The van der Waals surface area contributed by atoms with Gasteiger partial charge in [-0.3, -0.25) is 9.79 Å². The van der Waals surface area contributed by atoms with Crippen molar-refractivity contribution in [2.45, 2.75) is 25.2 Å². The summed E-state index contributed by atoms with van der Waals surface area (Å²) in [7, 11) is 1.47.